The van der Waals surface area contributed by atoms with Crippen LogP contribution in [0.3, 0.4) is 0 Å². The van der Waals surface area contributed by atoms with Crippen LogP contribution in [0.25, 0.3) is 0 Å². The molecule has 2 heteroatoms. The maximum absolute atomic E-state index is 10.9. The van der Waals surface area contributed by atoms with Gasteiger partial charge in [-0.25, -0.2) is 0 Å². The quantitative estimate of drug-likeness (QED) is 0.775. The summed E-state index contributed by atoms with van der Waals surface area (Å²) in [6.07, 6.45) is -0.548. The first-order valence-electron chi connectivity index (χ1n) is 7.38. The smallest absolute Gasteiger partial charge is 0.0892 e. The molecule has 21 heavy (non-hydrogen) atoms. The fourth-order valence-electron chi connectivity index (χ4n) is 2.54. The van der Waals surface area contributed by atoms with Crippen molar-refractivity contribution in [2.24, 2.45) is 0 Å². The second kappa shape index (κ2) is 6.42. The van der Waals surface area contributed by atoms with E-state index in [0.717, 1.165) is 11.1 Å². The molecule has 0 spiro atoms. The predicted molar refractivity (Wildman–Crippen MR) is 93.1 cm³/mol. The van der Waals surface area contributed by atoms with Crippen molar-refractivity contribution in [1.29, 1.82) is 0 Å². The molecular weight excluding hydrogens is 272 g/mol. The highest BCUT2D eigenvalue weighted by molar-refractivity contribution is 6.83. The molecule has 1 N–H and O–H groups in total. The number of benzene rings is 2. The molecule has 0 aliphatic rings. The van der Waals surface area contributed by atoms with E-state index in [1.807, 2.05) is 48.5 Å². The van der Waals surface area contributed by atoms with Gasteiger partial charge in [0.15, 0.2) is 0 Å². The van der Waals surface area contributed by atoms with E-state index in [9.17, 15) is 5.11 Å². The Balaban J connectivity index is 2.44. The molecule has 0 saturated carbocycles. The molecule has 0 aliphatic heterocycles. The van der Waals surface area contributed by atoms with Crippen molar-refractivity contribution in [3.05, 3.63) is 83.6 Å². The fourth-order valence-corrected chi connectivity index (χ4v) is 3.80. The van der Waals surface area contributed by atoms with Crippen molar-refractivity contribution in [1.82, 2.24) is 0 Å². The molecule has 0 unspecified atom stereocenters. The van der Waals surface area contributed by atoms with Crippen molar-refractivity contribution < 1.29 is 5.11 Å². The van der Waals surface area contributed by atoms with Gasteiger partial charge in [0.25, 0.3) is 0 Å². The molecule has 0 fully saturated rings. The van der Waals surface area contributed by atoms with Crippen LogP contribution >= 0.6 is 0 Å². The highest BCUT2D eigenvalue weighted by Gasteiger charge is 2.32. The molecule has 110 valence electrons. The van der Waals surface area contributed by atoms with Gasteiger partial charge in [-0.05, 0) is 11.1 Å². The lowest BCUT2D eigenvalue weighted by Crippen LogP contribution is -2.30. The predicted octanol–water partition coefficient (Wildman–Crippen LogP) is 4.94. The number of hydrogen-bond donors (Lipinski definition) is 1. The van der Waals surface area contributed by atoms with Crippen LogP contribution in [0.5, 0.6) is 0 Å². The van der Waals surface area contributed by atoms with Crippen molar-refractivity contribution in [2.45, 2.75) is 31.7 Å². The lowest BCUT2D eigenvalue weighted by molar-refractivity contribution is 0.160. The van der Waals surface area contributed by atoms with Crippen molar-refractivity contribution >= 4 is 8.07 Å². The van der Waals surface area contributed by atoms with E-state index in [1.165, 1.54) is 5.20 Å². The third kappa shape index (κ3) is 3.72. The Labute approximate surface area is 129 Å². The number of hydrogen-bond acceptors (Lipinski definition) is 1. The number of rotatable bonds is 5. The maximum Gasteiger partial charge on any atom is 0.0892 e. The van der Waals surface area contributed by atoms with Gasteiger partial charge in [-0.3, -0.25) is 0 Å². The monoisotopic (exact) mass is 296 g/mol. The molecule has 0 bridgehead atoms. The van der Waals surface area contributed by atoms with Crippen LogP contribution in [0.2, 0.25) is 19.6 Å². The molecule has 0 heterocycles. The van der Waals surface area contributed by atoms with Gasteiger partial charge in [0.1, 0.15) is 0 Å². The van der Waals surface area contributed by atoms with Gasteiger partial charge in [-0.15, -0.1) is 6.58 Å². The van der Waals surface area contributed by atoms with Crippen LogP contribution in [0.1, 0.15) is 23.1 Å². The Morgan fingerprint density at radius 2 is 1.29 bits per heavy atom. The second-order valence-electron chi connectivity index (χ2n) is 6.52. The Morgan fingerprint density at radius 1 is 0.857 bits per heavy atom. The first-order valence-corrected chi connectivity index (χ1v) is 10.9. The van der Waals surface area contributed by atoms with Crippen LogP contribution in [0, 0.1) is 0 Å². The Bertz CT molecular complexity index is 584. The van der Waals surface area contributed by atoms with Gasteiger partial charge in [-0.1, -0.05) is 85.5 Å². The minimum Gasteiger partial charge on any atom is -0.387 e. The van der Waals surface area contributed by atoms with Crippen LogP contribution in [0.15, 0.2) is 72.4 Å². The van der Waals surface area contributed by atoms with Crippen LogP contribution in [-0.2, 0) is 0 Å². The summed E-state index contributed by atoms with van der Waals surface area (Å²) in [7, 11) is -1.56. The number of aliphatic hydroxyl groups excluding tert-OH is 1. The third-order valence-corrected chi connectivity index (χ3v) is 6.19. The number of aliphatic hydroxyl groups is 1. The molecule has 0 aromatic heterocycles. The van der Waals surface area contributed by atoms with Gasteiger partial charge in [-0.2, -0.15) is 0 Å². The topological polar surface area (TPSA) is 20.2 Å². The molecular formula is C19H24OSi. The van der Waals surface area contributed by atoms with Crippen molar-refractivity contribution in [3.63, 3.8) is 0 Å². The summed E-state index contributed by atoms with van der Waals surface area (Å²) in [4.78, 5) is 0. The van der Waals surface area contributed by atoms with Gasteiger partial charge in [0.2, 0.25) is 0 Å². The molecule has 1 nitrogen and oxygen atoms in total. The molecule has 2 aromatic rings. The molecule has 0 saturated heterocycles. The Morgan fingerprint density at radius 3 is 1.71 bits per heavy atom. The average molecular weight is 296 g/mol. The summed E-state index contributed by atoms with van der Waals surface area (Å²) < 4.78 is 0. The average Bonchev–Trinajstić information content (AvgIpc) is 2.48. The molecule has 0 amide bonds. The molecule has 2 rings (SSSR count). The van der Waals surface area contributed by atoms with E-state index in [2.05, 4.69) is 38.4 Å². The first-order chi connectivity index (χ1) is 9.91. The summed E-state index contributed by atoms with van der Waals surface area (Å²) in [6.45, 7) is 11.2. The summed E-state index contributed by atoms with van der Waals surface area (Å²) in [6, 6.07) is 20.1. The minimum atomic E-state index is -1.56. The van der Waals surface area contributed by atoms with E-state index in [-0.39, 0.29) is 5.92 Å². The first kappa shape index (κ1) is 15.7. The zero-order chi connectivity index (χ0) is 15.5. The van der Waals surface area contributed by atoms with Gasteiger partial charge >= 0.3 is 0 Å². The summed E-state index contributed by atoms with van der Waals surface area (Å²) >= 11 is 0. The summed E-state index contributed by atoms with van der Waals surface area (Å²) in [5.41, 5.74) is 2.09. The fraction of sp³-hybridized carbons (Fsp3) is 0.263. The third-order valence-electron chi connectivity index (χ3n) is 3.95. The van der Waals surface area contributed by atoms with E-state index in [4.69, 9.17) is 0 Å². The van der Waals surface area contributed by atoms with Crippen molar-refractivity contribution in [2.75, 3.05) is 0 Å². The van der Waals surface area contributed by atoms with Crippen LogP contribution < -0.4 is 0 Å². The van der Waals surface area contributed by atoms with E-state index in [0.29, 0.717) is 0 Å². The Hall–Kier alpha value is -1.64. The molecule has 0 aliphatic carbocycles. The summed E-state index contributed by atoms with van der Waals surface area (Å²) in [5.74, 6) is -0.0414. The zero-order valence-electron chi connectivity index (χ0n) is 13.1. The second-order valence-corrected chi connectivity index (χ2v) is 11.7. The summed E-state index contributed by atoms with van der Waals surface area (Å²) in [5, 5.41) is 12.1. The lowest BCUT2D eigenvalue weighted by Gasteiger charge is -2.32. The lowest BCUT2D eigenvalue weighted by atomic mass is 9.89. The standard InChI is InChI=1S/C19H24OSi/c1-15(21(2,3)4)18(16-11-7-5-8-12-16)19(20)17-13-9-6-10-14-17/h5-14,18-20H,1H2,2-4H3/t18-,19-/m1/s1. The normalized spacial score (nSPS) is 14.5. The van der Waals surface area contributed by atoms with Gasteiger partial charge < -0.3 is 5.11 Å². The largest absolute Gasteiger partial charge is 0.387 e. The van der Waals surface area contributed by atoms with Crippen molar-refractivity contribution in [3.8, 4) is 0 Å². The van der Waals surface area contributed by atoms with Gasteiger partial charge in [0.05, 0.1) is 14.2 Å². The maximum atomic E-state index is 10.9. The molecule has 2 atom stereocenters. The minimum absolute atomic E-state index is 0.0414. The van der Waals surface area contributed by atoms with E-state index >= 15 is 0 Å². The highest BCUT2D eigenvalue weighted by atomic mass is 28.3. The Kier molecular flexibility index (Phi) is 4.81. The van der Waals surface area contributed by atoms with E-state index < -0.39 is 14.2 Å². The SMILES string of the molecule is C=C([C@H](c1ccccc1)[C@H](O)c1ccccc1)[Si](C)(C)C. The molecule has 0 radical (unpaired) electrons. The zero-order valence-corrected chi connectivity index (χ0v) is 14.1. The highest BCUT2D eigenvalue weighted by Crippen LogP contribution is 2.39. The van der Waals surface area contributed by atoms with E-state index in [1.54, 1.807) is 0 Å². The van der Waals surface area contributed by atoms with Gasteiger partial charge in [0, 0.05) is 5.92 Å². The van der Waals surface area contributed by atoms with Crippen LogP contribution in [-0.4, -0.2) is 13.2 Å². The van der Waals surface area contributed by atoms with Crippen LogP contribution in [0.4, 0.5) is 0 Å². The molecule has 2 aromatic carbocycles.